The number of furan rings is 1. The van der Waals surface area contributed by atoms with Crippen LogP contribution in [-0.2, 0) is 11.3 Å². The number of carbonyl (C=O) groups excluding carboxylic acids is 1. The number of likely N-dealkylation sites (tertiary alicyclic amines) is 1. The van der Waals surface area contributed by atoms with Gasteiger partial charge < -0.3 is 19.0 Å². The Kier molecular flexibility index (Phi) is 7.89. The Morgan fingerprint density at radius 1 is 1.35 bits per heavy atom. The summed E-state index contributed by atoms with van der Waals surface area (Å²) in [5.41, 5.74) is 0.390. The summed E-state index contributed by atoms with van der Waals surface area (Å²) in [7, 11) is 2.11. The first-order chi connectivity index (χ1) is 14.8. The van der Waals surface area contributed by atoms with Gasteiger partial charge in [0.15, 0.2) is 0 Å². The van der Waals surface area contributed by atoms with E-state index in [1.165, 1.54) is 6.33 Å². The van der Waals surface area contributed by atoms with E-state index in [-0.39, 0.29) is 23.2 Å². The van der Waals surface area contributed by atoms with Crippen LogP contribution in [0.1, 0.15) is 56.2 Å². The Balaban J connectivity index is 1.97. The molecule has 1 aliphatic heterocycles. The highest BCUT2D eigenvalue weighted by Gasteiger charge is 2.32. The van der Waals surface area contributed by atoms with Gasteiger partial charge in [0.25, 0.3) is 11.5 Å². The Labute approximate surface area is 184 Å². The summed E-state index contributed by atoms with van der Waals surface area (Å²) in [6, 6.07) is 0.143. The van der Waals surface area contributed by atoms with Gasteiger partial charge in [0.05, 0.1) is 5.56 Å². The third kappa shape index (κ3) is 5.36. The number of amides is 1. The number of nitrogens with zero attached hydrogens (tertiary/aromatic N) is 4. The average molecular weight is 433 g/mol. The third-order valence-corrected chi connectivity index (χ3v) is 5.91. The van der Waals surface area contributed by atoms with Crippen LogP contribution in [0.25, 0.3) is 11.1 Å². The van der Waals surface area contributed by atoms with Crippen molar-refractivity contribution in [3.63, 3.8) is 0 Å². The standard InChI is InChI=1S/C23H36N4O4/c1-6-30-13-7-10-27(18-8-11-25(5)12-9-18)23(29)19-17(4)31-21-20(19)22(28)26(15-24-21)14-16(2)3/h15-16,18H,6-14H2,1-5H3. The van der Waals surface area contributed by atoms with E-state index < -0.39 is 0 Å². The minimum Gasteiger partial charge on any atom is -0.442 e. The number of carbonyl (C=O) groups is 1. The van der Waals surface area contributed by atoms with Crippen LogP contribution < -0.4 is 5.56 Å². The van der Waals surface area contributed by atoms with E-state index in [1.54, 1.807) is 11.5 Å². The minimum atomic E-state index is -0.212. The Hall–Kier alpha value is -2.19. The number of hydrogen-bond acceptors (Lipinski definition) is 6. The second-order valence-corrected chi connectivity index (χ2v) is 8.89. The molecule has 0 aromatic carbocycles. The largest absolute Gasteiger partial charge is 0.442 e. The maximum absolute atomic E-state index is 13.8. The van der Waals surface area contributed by atoms with Gasteiger partial charge in [0, 0.05) is 32.3 Å². The second kappa shape index (κ2) is 10.4. The van der Waals surface area contributed by atoms with E-state index in [9.17, 15) is 9.59 Å². The molecule has 172 valence electrons. The van der Waals surface area contributed by atoms with Gasteiger partial charge in [-0.3, -0.25) is 14.2 Å². The van der Waals surface area contributed by atoms with Crippen molar-refractivity contribution in [1.29, 1.82) is 0 Å². The van der Waals surface area contributed by atoms with Crippen LogP contribution >= 0.6 is 0 Å². The second-order valence-electron chi connectivity index (χ2n) is 8.89. The molecule has 3 rings (SSSR count). The van der Waals surface area contributed by atoms with Crippen molar-refractivity contribution in [2.75, 3.05) is 39.9 Å². The molecule has 0 bridgehead atoms. The third-order valence-electron chi connectivity index (χ3n) is 5.91. The maximum atomic E-state index is 13.8. The summed E-state index contributed by atoms with van der Waals surface area (Å²) in [6.45, 7) is 12.1. The molecular weight excluding hydrogens is 396 g/mol. The highest BCUT2D eigenvalue weighted by molar-refractivity contribution is 6.06. The zero-order valence-electron chi connectivity index (χ0n) is 19.5. The molecule has 1 fully saturated rings. The van der Waals surface area contributed by atoms with Crippen LogP contribution in [0, 0.1) is 12.8 Å². The van der Waals surface area contributed by atoms with Gasteiger partial charge in [-0.25, -0.2) is 4.98 Å². The monoisotopic (exact) mass is 432 g/mol. The van der Waals surface area contributed by atoms with Crippen LogP contribution in [0.3, 0.4) is 0 Å². The fourth-order valence-corrected chi connectivity index (χ4v) is 4.30. The lowest BCUT2D eigenvalue weighted by Gasteiger charge is -2.37. The number of aryl methyl sites for hydroxylation is 1. The first kappa shape index (κ1) is 23.5. The minimum absolute atomic E-state index is 0.136. The molecule has 0 radical (unpaired) electrons. The molecule has 3 heterocycles. The molecule has 0 aliphatic carbocycles. The van der Waals surface area contributed by atoms with Gasteiger partial charge in [-0.05, 0) is 59.2 Å². The highest BCUT2D eigenvalue weighted by Crippen LogP contribution is 2.26. The summed E-state index contributed by atoms with van der Waals surface area (Å²) >= 11 is 0. The average Bonchev–Trinajstić information content (AvgIpc) is 3.07. The Morgan fingerprint density at radius 2 is 2.06 bits per heavy atom. The smallest absolute Gasteiger partial charge is 0.265 e. The predicted molar refractivity (Wildman–Crippen MR) is 121 cm³/mol. The van der Waals surface area contributed by atoms with Gasteiger partial charge in [-0.1, -0.05) is 13.8 Å². The SMILES string of the molecule is CCOCCCN(C(=O)c1c(C)oc2ncn(CC(C)C)c(=O)c12)C1CCN(C)CC1. The van der Waals surface area contributed by atoms with Crippen LogP contribution in [-0.4, -0.2) is 71.2 Å². The maximum Gasteiger partial charge on any atom is 0.265 e. The molecule has 1 aliphatic rings. The van der Waals surface area contributed by atoms with Gasteiger partial charge in [0.2, 0.25) is 5.71 Å². The lowest BCUT2D eigenvalue weighted by atomic mass is 10.0. The van der Waals surface area contributed by atoms with Crippen LogP contribution in [0.5, 0.6) is 0 Å². The van der Waals surface area contributed by atoms with Crippen LogP contribution in [0.2, 0.25) is 0 Å². The zero-order valence-corrected chi connectivity index (χ0v) is 19.5. The Morgan fingerprint density at radius 3 is 2.71 bits per heavy atom. The fourth-order valence-electron chi connectivity index (χ4n) is 4.30. The number of ether oxygens (including phenoxy) is 1. The number of rotatable bonds is 9. The number of piperidine rings is 1. The molecule has 1 saturated heterocycles. The van der Waals surface area contributed by atoms with E-state index in [4.69, 9.17) is 9.15 Å². The van der Waals surface area contributed by atoms with Crippen molar-refractivity contribution in [2.45, 2.75) is 59.5 Å². The number of aromatic nitrogens is 2. The van der Waals surface area contributed by atoms with Gasteiger partial charge in [-0.15, -0.1) is 0 Å². The first-order valence-corrected chi connectivity index (χ1v) is 11.4. The molecule has 1 amide bonds. The summed E-state index contributed by atoms with van der Waals surface area (Å²) in [5, 5.41) is 0.299. The topological polar surface area (TPSA) is 80.8 Å². The number of hydrogen-bond donors (Lipinski definition) is 0. The number of fused-ring (bicyclic) bond motifs is 1. The van der Waals surface area contributed by atoms with E-state index in [1.807, 2.05) is 25.7 Å². The highest BCUT2D eigenvalue weighted by atomic mass is 16.5. The van der Waals surface area contributed by atoms with Gasteiger partial charge >= 0.3 is 0 Å². The lowest BCUT2D eigenvalue weighted by Crippen LogP contribution is -2.47. The molecular formula is C23H36N4O4. The molecule has 31 heavy (non-hydrogen) atoms. The van der Waals surface area contributed by atoms with E-state index in [0.717, 1.165) is 32.4 Å². The molecule has 2 aromatic heterocycles. The molecule has 8 nitrogen and oxygen atoms in total. The van der Waals surface area contributed by atoms with Crippen molar-refractivity contribution in [2.24, 2.45) is 5.92 Å². The molecule has 0 spiro atoms. The molecule has 0 unspecified atom stereocenters. The van der Waals surface area contributed by atoms with Gasteiger partial charge in [-0.2, -0.15) is 0 Å². The van der Waals surface area contributed by atoms with Crippen molar-refractivity contribution in [3.05, 3.63) is 28.0 Å². The predicted octanol–water partition coefficient (Wildman–Crippen LogP) is 2.92. The zero-order chi connectivity index (χ0) is 22.5. The summed E-state index contributed by atoms with van der Waals surface area (Å²) < 4.78 is 12.8. The van der Waals surface area contributed by atoms with Crippen LogP contribution in [0.4, 0.5) is 0 Å². The molecule has 2 aromatic rings. The molecule has 0 N–H and O–H groups in total. The van der Waals surface area contributed by atoms with Crippen molar-refractivity contribution >= 4 is 17.0 Å². The van der Waals surface area contributed by atoms with Crippen molar-refractivity contribution in [3.8, 4) is 0 Å². The van der Waals surface area contributed by atoms with E-state index in [0.29, 0.717) is 48.9 Å². The summed E-state index contributed by atoms with van der Waals surface area (Å²) in [6.07, 6.45) is 4.11. The summed E-state index contributed by atoms with van der Waals surface area (Å²) in [5.74, 6) is 0.608. The van der Waals surface area contributed by atoms with Gasteiger partial charge in [0.1, 0.15) is 17.5 Å². The quantitative estimate of drug-likeness (QED) is 0.567. The Bertz CT molecular complexity index is 941. The van der Waals surface area contributed by atoms with Crippen molar-refractivity contribution < 1.29 is 13.9 Å². The summed E-state index contributed by atoms with van der Waals surface area (Å²) in [4.78, 5) is 35.6. The normalized spacial score (nSPS) is 15.8. The fraction of sp³-hybridized carbons (Fsp3) is 0.696. The van der Waals surface area contributed by atoms with E-state index >= 15 is 0 Å². The van der Waals surface area contributed by atoms with Crippen LogP contribution in [0.15, 0.2) is 15.5 Å². The lowest BCUT2D eigenvalue weighted by molar-refractivity contribution is 0.0550. The first-order valence-electron chi connectivity index (χ1n) is 11.4. The molecule has 0 atom stereocenters. The molecule has 8 heteroatoms. The van der Waals surface area contributed by atoms with E-state index in [2.05, 4.69) is 16.9 Å². The molecule has 0 saturated carbocycles. The van der Waals surface area contributed by atoms with Crippen molar-refractivity contribution in [1.82, 2.24) is 19.4 Å².